The summed E-state index contributed by atoms with van der Waals surface area (Å²) in [7, 11) is -3.85. The van der Waals surface area contributed by atoms with Gasteiger partial charge in [-0.2, -0.15) is 0 Å². The first-order chi connectivity index (χ1) is 15.1. The first-order valence-electron chi connectivity index (χ1n) is 9.95. The van der Waals surface area contributed by atoms with Gasteiger partial charge in [-0.3, -0.25) is 9.10 Å². The van der Waals surface area contributed by atoms with Gasteiger partial charge < -0.3 is 5.32 Å². The second-order valence-electron chi connectivity index (χ2n) is 7.54. The number of sulfonamides is 1. The van der Waals surface area contributed by atoms with Crippen molar-refractivity contribution >= 4 is 44.8 Å². The van der Waals surface area contributed by atoms with Crippen molar-refractivity contribution in [2.75, 3.05) is 10.6 Å². The molecular formula is C24H24Cl2N2O3S. The summed E-state index contributed by atoms with van der Waals surface area (Å²) in [6.45, 7) is 3.49. The molecule has 0 aliphatic heterocycles. The molecule has 0 radical (unpaired) electrons. The zero-order valence-electron chi connectivity index (χ0n) is 17.9. The zero-order valence-corrected chi connectivity index (χ0v) is 20.2. The maximum atomic E-state index is 13.4. The summed E-state index contributed by atoms with van der Waals surface area (Å²) in [6, 6.07) is 20.2. The van der Waals surface area contributed by atoms with E-state index in [0.717, 1.165) is 27.3 Å². The van der Waals surface area contributed by atoms with Crippen LogP contribution in [0.5, 0.6) is 0 Å². The van der Waals surface area contributed by atoms with Gasteiger partial charge in [-0.05, 0) is 48.7 Å². The lowest BCUT2D eigenvalue weighted by atomic mass is 9.94. The van der Waals surface area contributed by atoms with E-state index in [4.69, 9.17) is 23.2 Å². The van der Waals surface area contributed by atoms with E-state index in [1.54, 1.807) is 6.07 Å². The van der Waals surface area contributed by atoms with Crippen LogP contribution in [-0.2, 0) is 14.8 Å². The van der Waals surface area contributed by atoms with Gasteiger partial charge in [-0.15, -0.1) is 0 Å². The molecule has 0 saturated carbocycles. The van der Waals surface area contributed by atoms with Crippen LogP contribution in [0.15, 0.2) is 72.8 Å². The molecule has 3 aromatic carbocycles. The summed E-state index contributed by atoms with van der Waals surface area (Å²) in [6.07, 6.45) is 1.03. The molecule has 1 amide bonds. The van der Waals surface area contributed by atoms with E-state index in [1.165, 1.54) is 19.1 Å². The smallest absolute Gasteiger partial charge is 0.244 e. The van der Waals surface area contributed by atoms with Gasteiger partial charge in [0.2, 0.25) is 15.9 Å². The molecule has 3 aromatic rings. The Hall–Kier alpha value is -2.54. The number of aryl methyl sites for hydroxylation is 1. The Bertz CT molecular complexity index is 1220. The van der Waals surface area contributed by atoms with Gasteiger partial charge in [0.05, 0.1) is 23.0 Å². The minimum atomic E-state index is -3.85. The molecule has 32 heavy (non-hydrogen) atoms. The summed E-state index contributed by atoms with van der Waals surface area (Å²) in [5.74, 6) is -0.469. The quantitative estimate of drug-likeness (QED) is 0.484. The zero-order chi connectivity index (χ0) is 23.5. The van der Waals surface area contributed by atoms with Gasteiger partial charge in [0.25, 0.3) is 0 Å². The fraction of sp³-hybridized carbons (Fsp3) is 0.208. The van der Waals surface area contributed by atoms with Gasteiger partial charge >= 0.3 is 0 Å². The van der Waals surface area contributed by atoms with Crippen LogP contribution < -0.4 is 9.62 Å². The molecule has 0 saturated heterocycles. The minimum absolute atomic E-state index is 0.150. The molecule has 3 rings (SSSR count). The standard InChI is InChI=1S/C24H24Cl2N2O3S/c1-16-9-7-8-12-20(16)23(18-10-5-4-6-11-18)27-24(29)17(2)28(32(3,30)31)22-15-19(25)13-14-21(22)26/h4-15,17,23H,1-3H3,(H,27,29)/t17-,23+/m0/s1. The van der Waals surface area contributed by atoms with E-state index in [0.29, 0.717) is 5.02 Å². The van der Waals surface area contributed by atoms with Gasteiger partial charge in [-0.1, -0.05) is 77.8 Å². The molecule has 0 fully saturated rings. The van der Waals surface area contributed by atoms with Crippen molar-refractivity contribution in [3.63, 3.8) is 0 Å². The van der Waals surface area contributed by atoms with E-state index in [2.05, 4.69) is 5.32 Å². The van der Waals surface area contributed by atoms with E-state index >= 15 is 0 Å². The van der Waals surface area contributed by atoms with Gasteiger partial charge in [0, 0.05) is 5.02 Å². The molecule has 0 bridgehead atoms. The Balaban J connectivity index is 2.01. The van der Waals surface area contributed by atoms with E-state index in [1.807, 2.05) is 61.5 Å². The first-order valence-corrected chi connectivity index (χ1v) is 12.6. The number of halogens is 2. The third kappa shape index (κ3) is 5.44. The fourth-order valence-corrected chi connectivity index (χ4v) is 5.20. The van der Waals surface area contributed by atoms with E-state index in [-0.39, 0.29) is 10.7 Å². The highest BCUT2D eigenvalue weighted by Crippen LogP contribution is 2.33. The number of carbonyl (C=O) groups is 1. The number of hydrogen-bond acceptors (Lipinski definition) is 3. The first kappa shape index (κ1) is 24.1. The Kier molecular flexibility index (Phi) is 7.49. The van der Waals surface area contributed by atoms with Crippen molar-refractivity contribution in [3.05, 3.63) is 99.5 Å². The highest BCUT2D eigenvalue weighted by atomic mass is 35.5. The molecule has 0 aliphatic rings. The van der Waals surface area contributed by atoms with Gasteiger partial charge in [0.1, 0.15) is 6.04 Å². The lowest BCUT2D eigenvalue weighted by Crippen LogP contribution is -2.49. The molecule has 0 heterocycles. The molecule has 0 aliphatic carbocycles. The summed E-state index contributed by atoms with van der Waals surface area (Å²) >= 11 is 12.3. The molecule has 0 unspecified atom stereocenters. The molecule has 0 spiro atoms. The summed E-state index contributed by atoms with van der Waals surface area (Å²) in [5, 5.41) is 3.52. The molecule has 2 atom stereocenters. The van der Waals surface area contributed by atoms with Crippen molar-refractivity contribution in [1.29, 1.82) is 0 Å². The third-order valence-electron chi connectivity index (χ3n) is 5.15. The molecule has 8 heteroatoms. The number of anilines is 1. The van der Waals surface area contributed by atoms with Crippen molar-refractivity contribution in [2.24, 2.45) is 0 Å². The fourth-order valence-electron chi connectivity index (χ4n) is 3.60. The van der Waals surface area contributed by atoms with Crippen LogP contribution >= 0.6 is 23.2 Å². The Morgan fingerprint density at radius 3 is 2.22 bits per heavy atom. The number of carbonyl (C=O) groups excluding carboxylic acids is 1. The second kappa shape index (κ2) is 9.94. The largest absolute Gasteiger partial charge is 0.343 e. The van der Waals surface area contributed by atoms with E-state index in [9.17, 15) is 13.2 Å². The highest BCUT2D eigenvalue weighted by Gasteiger charge is 2.32. The molecule has 168 valence electrons. The van der Waals surface area contributed by atoms with Crippen LogP contribution in [0.3, 0.4) is 0 Å². The predicted molar refractivity (Wildman–Crippen MR) is 131 cm³/mol. The van der Waals surface area contributed by atoms with E-state index < -0.39 is 28.0 Å². The topological polar surface area (TPSA) is 66.5 Å². The SMILES string of the molecule is Cc1ccccc1[C@H](NC(=O)[C@H](C)N(c1cc(Cl)ccc1Cl)S(C)(=O)=O)c1ccccc1. The number of nitrogens with one attached hydrogen (secondary N) is 1. The second-order valence-corrected chi connectivity index (χ2v) is 10.2. The third-order valence-corrected chi connectivity index (χ3v) is 6.94. The van der Waals surface area contributed by atoms with Crippen LogP contribution in [0.2, 0.25) is 10.0 Å². The predicted octanol–water partition coefficient (Wildman–Crippen LogP) is 5.36. The van der Waals surface area contributed by atoms with Crippen LogP contribution in [0.4, 0.5) is 5.69 Å². The highest BCUT2D eigenvalue weighted by molar-refractivity contribution is 7.92. The van der Waals surface area contributed by atoms with Crippen LogP contribution in [0.1, 0.15) is 29.7 Å². The number of amides is 1. The Labute approximate surface area is 199 Å². The Morgan fingerprint density at radius 1 is 0.969 bits per heavy atom. The minimum Gasteiger partial charge on any atom is -0.343 e. The summed E-state index contributed by atoms with van der Waals surface area (Å²) in [4.78, 5) is 13.4. The normalized spacial score (nSPS) is 13.3. The average Bonchev–Trinajstić information content (AvgIpc) is 2.74. The van der Waals surface area contributed by atoms with Crippen LogP contribution in [0, 0.1) is 6.92 Å². The maximum Gasteiger partial charge on any atom is 0.244 e. The lowest BCUT2D eigenvalue weighted by Gasteiger charge is -2.31. The Morgan fingerprint density at radius 2 is 1.59 bits per heavy atom. The maximum absolute atomic E-state index is 13.4. The summed E-state index contributed by atoms with van der Waals surface area (Å²) < 4.78 is 26.3. The van der Waals surface area contributed by atoms with Crippen molar-refractivity contribution in [3.8, 4) is 0 Å². The number of rotatable bonds is 7. The lowest BCUT2D eigenvalue weighted by molar-refractivity contribution is -0.122. The average molecular weight is 491 g/mol. The molecule has 1 N–H and O–H groups in total. The molecular weight excluding hydrogens is 467 g/mol. The van der Waals surface area contributed by atoms with Crippen molar-refractivity contribution < 1.29 is 13.2 Å². The molecule has 5 nitrogen and oxygen atoms in total. The number of hydrogen-bond donors (Lipinski definition) is 1. The molecule has 0 aromatic heterocycles. The van der Waals surface area contributed by atoms with Gasteiger partial charge in [0.15, 0.2) is 0 Å². The number of nitrogens with zero attached hydrogens (tertiary/aromatic N) is 1. The van der Waals surface area contributed by atoms with Crippen molar-refractivity contribution in [2.45, 2.75) is 25.9 Å². The monoisotopic (exact) mass is 490 g/mol. The van der Waals surface area contributed by atoms with Gasteiger partial charge in [-0.25, -0.2) is 8.42 Å². The summed E-state index contributed by atoms with van der Waals surface area (Å²) in [5.41, 5.74) is 2.96. The van der Waals surface area contributed by atoms with Crippen molar-refractivity contribution in [1.82, 2.24) is 5.32 Å². The van der Waals surface area contributed by atoms with Crippen LogP contribution in [-0.4, -0.2) is 26.6 Å². The number of benzene rings is 3. The van der Waals surface area contributed by atoms with Crippen LogP contribution in [0.25, 0.3) is 0 Å².